The molecule has 4 rings (SSSR count). The lowest BCUT2D eigenvalue weighted by molar-refractivity contribution is -0.277. The van der Waals surface area contributed by atoms with Crippen molar-refractivity contribution >= 4 is 16.9 Å². The Labute approximate surface area is 228 Å². The zero-order valence-electron chi connectivity index (χ0n) is 22.6. The standard InChI is InChI=1S/C28H41NO10/c1-3-35-21(31)10-9-17-13-18-19(16-7-5-4-6-8-16)15-37-26(18)27(36-12-11-29-2)25(17)39-28-24(34)23(33)22(32)20(14-30)38-28/h13,15-16,20,22-24,28-30,32-34H,3-12,14H2,1-2H3/t20-,22-,23+,24-,28+/m1/s1. The van der Waals surface area contributed by atoms with Crippen LogP contribution in [0.25, 0.3) is 11.0 Å². The molecule has 2 aliphatic rings. The maximum atomic E-state index is 12.3. The van der Waals surface area contributed by atoms with Crippen molar-refractivity contribution in [2.24, 2.45) is 0 Å². The summed E-state index contributed by atoms with van der Waals surface area (Å²) in [5.74, 6) is 0.464. The molecule has 1 aliphatic heterocycles. The fraction of sp³-hybridized carbons (Fsp3) is 0.679. The van der Waals surface area contributed by atoms with Crippen molar-refractivity contribution in [2.75, 3.05) is 33.4 Å². The van der Waals surface area contributed by atoms with Crippen LogP contribution < -0.4 is 14.8 Å². The Morgan fingerprint density at radius 2 is 1.87 bits per heavy atom. The highest BCUT2D eigenvalue weighted by atomic mass is 16.7. The summed E-state index contributed by atoms with van der Waals surface area (Å²) >= 11 is 0. The molecule has 11 heteroatoms. The van der Waals surface area contributed by atoms with E-state index in [9.17, 15) is 25.2 Å². The number of rotatable bonds is 12. The Morgan fingerprint density at radius 1 is 1.10 bits per heavy atom. The lowest BCUT2D eigenvalue weighted by Gasteiger charge is -2.39. The van der Waals surface area contributed by atoms with Gasteiger partial charge in [0.1, 0.15) is 31.0 Å². The summed E-state index contributed by atoms with van der Waals surface area (Å²) in [5.41, 5.74) is 2.18. The Bertz CT molecular complexity index is 1080. The summed E-state index contributed by atoms with van der Waals surface area (Å²) in [6.07, 6.45) is 0.407. The van der Waals surface area contributed by atoms with Crippen LogP contribution >= 0.6 is 0 Å². The molecule has 1 saturated carbocycles. The van der Waals surface area contributed by atoms with Crippen LogP contribution in [0.2, 0.25) is 0 Å². The minimum Gasteiger partial charge on any atom is -0.485 e. The second kappa shape index (κ2) is 13.8. The molecule has 0 radical (unpaired) electrons. The number of nitrogens with one attached hydrogen (secondary N) is 1. The zero-order valence-corrected chi connectivity index (χ0v) is 22.6. The van der Waals surface area contributed by atoms with E-state index in [4.69, 9.17) is 23.4 Å². The predicted molar refractivity (Wildman–Crippen MR) is 141 cm³/mol. The van der Waals surface area contributed by atoms with Crippen LogP contribution in [0, 0.1) is 0 Å². The Balaban J connectivity index is 1.78. The van der Waals surface area contributed by atoms with E-state index in [-0.39, 0.29) is 37.8 Å². The monoisotopic (exact) mass is 551 g/mol. The second-order valence-corrected chi connectivity index (χ2v) is 10.2. The second-order valence-electron chi connectivity index (χ2n) is 10.2. The topological polar surface area (TPSA) is 160 Å². The lowest BCUT2D eigenvalue weighted by Crippen LogP contribution is -2.60. The molecule has 11 nitrogen and oxygen atoms in total. The van der Waals surface area contributed by atoms with Crippen LogP contribution in [0.15, 0.2) is 16.7 Å². The first kappa shape index (κ1) is 29.6. The first-order valence-corrected chi connectivity index (χ1v) is 13.9. The van der Waals surface area contributed by atoms with Gasteiger partial charge in [-0.05, 0) is 50.8 Å². The molecule has 5 N–H and O–H groups in total. The van der Waals surface area contributed by atoms with E-state index in [1.807, 2.05) is 6.07 Å². The number of aryl methyl sites for hydroxylation is 1. The van der Waals surface area contributed by atoms with Gasteiger partial charge in [0.15, 0.2) is 11.3 Å². The van der Waals surface area contributed by atoms with Gasteiger partial charge in [-0.2, -0.15) is 0 Å². The summed E-state index contributed by atoms with van der Waals surface area (Å²) in [7, 11) is 1.80. The van der Waals surface area contributed by atoms with Gasteiger partial charge in [0.05, 0.1) is 19.5 Å². The van der Waals surface area contributed by atoms with Crippen LogP contribution in [0.1, 0.15) is 62.5 Å². The highest BCUT2D eigenvalue weighted by Gasteiger charge is 2.45. The van der Waals surface area contributed by atoms with Gasteiger partial charge in [-0.3, -0.25) is 4.79 Å². The number of aliphatic hydroxyl groups is 4. The van der Waals surface area contributed by atoms with E-state index >= 15 is 0 Å². The highest BCUT2D eigenvalue weighted by Crippen LogP contribution is 2.46. The molecule has 1 aromatic carbocycles. The highest BCUT2D eigenvalue weighted by molar-refractivity contribution is 5.90. The molecule has 0 amide bonds. The third-order valence-electron chi connectivity index (χ3n) is 7.51. The molecular formula is C28H41NO10. The maximum absolute atomic E-state index is 12.3. The van der Waals surface area contributed by atoms with Gasteiger partial charge < -0.3 is 49.1 Å². The zero-order chi connectivity index (χ0) is 27.9. The largest absolute Gasteiger partial charge is 0.485 e. The van der Waals surface area contributed by atoms with Gasteiger partial charge in [-0.1, -0.05) is 19.3 Å². The number of likely N-dealkylation sites (N-methyl/N-ethyl adjacent to an activating group) is 1. The van der Waals surface area contributed by atoms with Crippen molar-refractivity contribution in [3.63, 3.8) is 0 Å². The molecule has 2 fully saturated rings. The van der Waals surface area contributed by atoms with Crippen LogP contribution in [0.5, 0.6) is 11.5 Å². The number of fused-ring (bicyclic) bond motifs is 1. The fourth-order valence-electron chi connectivity index (χ4n) is 5.38. The van der Waals surface area contributed by atoms with Crippen molar-refractivity contribution in [1.82, 2.24) is 5.32 Å². The van der Waals surface area contributed by atoms with Crippen molar-refractivity contribution < 1.29 is 48.6 Å². The van der Waals surface area contributed by atoms with Crippen molar-refractivity contribution in [2.45, 2.75) is 88.5 Å². The van der Waals surface area contributed by atoms with E-state index < -0.39 is 37.3 Å². The molecule has 1 aromatic heterocycles. The van der Waals surface area contributed by atoms with Crippen molar-refractivity contribution in [3.8, 4) is 11.5 Å². The van der Waals surface area contributed by atoms with Gasteiger partial charge in [-0.25, -0.2) is 0 Å². The van der Waals surface area contributed by atoms with Crippen LogP contribution in [0.4, 0.5) is 0 Å². The SMILES string of the molecule is CCOC(=O)CCc1cc2c(C3CCCCC3)coc2c(OCCNC)c1O[C@@H]1O[C@H](CO)[C@@H](O)[C@H](O)[C@H]1O. The normalized spacial score (nSPS) is 26.1. The number of esters is 1. The minimum atomic E-state index is -1.61. The smallest absolute Gasteiger partial charge is 0.306 e. The van der Waals surface area contributed by atoms with Gasteiger partial charge in [-0.15, -0.1) is 0 Å². The fourth-order valence-corrected chi connectivity index (χ4v) is 5.38. The number of ether oxygens (including phenoxy) is 4. The quantitative estimate of drug-likeness (QED) is 0.193. The lowest BCUT2D eigenvalue weighted by atomic mass is 9.83. The molecule has 39 heavy (non-hydrogen) atoms. The third-order valence-corrected chi connectivity index (χ3v) is 7.51. The molecule has 1 aliphatic carbocycles. The average Bonchev–Trinajstić information content (AvgIpc) is 3.37. The predicted octanol–water partition coefficient (Wildman–Crippen LogP) is 1.75. The molecule has 5 atom stereocenters. The number of carbonyl (C=O) groups excluding carboxylic acids is 1. The van der Waals surface area contributed by atoms with Crippen molar-refractivity contribution in [1.29, 1.82) is 0 Å². The van der Waals surface area contributed by atoms with Crippen LogP contribution in [-0.4, -0.2) is 90.5 Å². The first-order valence-electron chi connectivity index (χ1n) is 13.9. The number of benzene rings is 1. The number of hydrogen-bond donors (Lipinski definition) is 5. The number of hydrogen-bond acceptors (Lipinski definition) is 11. The maximum Gasteiger partial charge on any atom is 0.306 e. The summed E-state index contributed by atoms with van der Waals surface area (Å²) in [6.45, 7) is 2.22. The van der Waals surface area contributed by atoms with E-state index in [2.05, 4.69) is 5.32 Å². The van der Waals surface area contributed by atoms with Crippen LogP contribution in [-0.2, 0) is 20.7 Å². The minimum absolute atomic E-state index is 0.0803. The van der Waals surface area contributed by atoms with Crippen molar-refractivity contribution in [3.05, 3.63) is 23.5 Å². The Hall–Kier alpha value is -2.41. The molecule has 0 spiro atoms. The summed E-state index contributed by atoms with van der Waals surface area (Å²) in [5, 5.41) is 44.7. The molecule has 2 aromatic rings. The summed E-state index contributed by atoms with van der Waals surface area (Å²) < 4.78 is 29.2. The first-order chi connectivity index (χ1) is 18.9. The van der Waals surface area contributed by atoms with Gasteiger partial charge >= 0.3 is 5.97 Å². The number of aliphatic hydroxyl groups excluding tert-OH is 4. The Morgan fingerprint density at radius 3 is 2.56 bits per heavy atom. The average molecular weight is 552 g/mol. The number of carbonyl (C=O) groups is 1. The van der Waals surface area contributed by atoms with E-state index in [0.29, 0.717) is 29.4 Å². The third kappa shape index (κ3) is 6.67. The molecule has 1 saturated heterocycles. The van der Waals surface area contributed by atoms with E-state index in [1.165, 1.54) is 6.42 Å². The summed E-state index contributed by atoms with van der Waals surface area (Å²) in [4.78, 5) is 12.3. The summed E-state index contributed by atoms with van der Waals surface area (Å²) in [6, 6.07) is 1.92. The number of furan rings is 1. The molecule has 2 heterocycles. The molecule has 0 unspecified atom stereocenters. The van der Waals surface area contributed by atoms with Gasteiger partial charge in [0.25, 0.3) is 0 Å². The molecule has 0 bridgehead atoms. The van der Waals surface area contributed by atoms with Gasteiger partial charge in [0.2, 0.25) is 12.0 Å². The van der Waals surface area contributed by atoms with E-state index in [1.54, 1.807) is 20.2 Å². The Kier molecular flexibility index (Phi) is 10.4. The molecular weight excluding hydrogens is 510 g/mol. The molecule has 218 valence electrons. The van der Waals surface area contributed by atoms with E-state index in [0.717, 1.165) is 36.6 Å². The van der Waals surface area contributed by atoms with Gasteiger partial charge in [0, 0.05) is 23.9 Å². The van der Waals surface area contributed by atoms with Crippen LogP contribution in [0.3, 0.4) is 0 Å².